The second kappa shape index (κ2) is 10.6. The van der Waals surface area contributed by atoms with Crippen molar-refractivity contribution in [2.24, 2.45) is 0 Å². The Balaban J connectivity index is 0.00000162. The van der Waals surface area contributed by atoms with Gasteiger partial charge in [-0.15, -0.1) is 24.8 Å². The number of aromatic nitrogens is 2. The summed E-state index contributed by atoms with van der Waals surface area (Å²) in [6.45, 7) is 2.23. The average Bonchev–Trinajstić information content (AvgIpc) is 2.41. The molecule has 0 unspecified atom stereocenters. The first kappa shape index (κ1) is 17.6. The molecule has 0 saturated carbocycles. The van der Waals surface area contributed by atoms with Gasteiger partial charge in [-0.25, -0.2) is 4.98 Å². The van der Waals surface area contributed by atoms with E-state index >= 15 is 0 Å². The van der Waals surface area contributed by atoms with E-state index in [2.05, 4.69) is 15.3 Å². The van der Waals surface area contributed by atoms with Gasteiger partial charge in [-0.1, -0.05) is 6.07 Å². The molecule has 0 bridgehead atoms. The number of halogens is 2. The van der Waals surface area contributed by atoms with Crippen molar-refractivity contribution in [3.63, 3.8) is 0 Å². The van der Waals surface area contributed by atoms with E-state index in [4.69, 9.17) is 4.74 Å². The zero-order chi connectivity index (χ0) is 11.8. The second-order valence-electron chi connectivity index (χ2n) is 3.55. The molecule has 0 amide bonds. The lowest BCUT2D eigenvalue weighted by atomic mass is 10.3. The highest BCUT2D eigenvalue weighted by Gasteiger charge is 1.93. The van der Waals surface area contributed by atoms with E-state index in [1.54, 1.807) is 18.6 Å². The minimum Gasteiger partial charge on any atom is -0.476 e. The molecule has 2 aromatic rings. The summed E-state index contributed by atoms with van der Waals surface area (Å²) in [5.74, 6) is 0.665. The van der Waals surface area contributed by atoms with Gasteiger partial charge in [0.05, 0.1) is 0 Å². The molecule has 6 heteroatoms. The fourth-order valence-corrected chi connectivity index (χ4v) is 1.39. The van der Waals surface area contributed by atoms with E-state index < -0.39 is 0 Å². The van der Waals surface area contributed by atoms with Crippen molar-refractivity contribution in [1.82, 2.24) is 15.3 Å². The smallest absolute Gasteiger partial charge is 0.213 e. The van der Waals surface area contributed by atoms with Crippen molar-refractivity contribution < 1.29 is 4.74 Å². The maximum atomic E-state index is 5.46. The molecule has 0 spiro atoms. The molecular weight excluding hydrogens is 285 g/mol. The quantitative estimate of drug-likeness (QED) is 0.833. The van der Waals surface area contributed by atoms with Crippen LogP contribution in [0, 0.1) is 0 Å². The van der Waals surface area contributed by atoms with Crippen LogP contribution in [0.2, 0.25) is 0 Å². The maximum Gasteiger partial charge on any atom is 0.213 e. The third-order valence-corrected chi connectivity index (χ3v) is 2.25. The topological polar surface area (TPSA) is 47.0 Å². The number of hydrogen-bond donors (Lipinski definition) is 1. The molecule has 19 heavy (non-hydrogen) atoms. The van der Waals surface area contributed by atoms with Crippen molar-refractivity contribution in [2.75, 3.05) is 13.2 Å². The van der Waals surface area contributed by atoms with E-state index in [0.29, 0.717) is 12.5 Å². The van der Waals surface area contributed by atoms with Gasteiger partial charge in [0, 0.05) is 37.7 Å². The number of hydrogen-bond acceptors (Lipinski definition) is 4. The van der Waals surface area contributed by atoms with Gasteiger partial charge in [0.2, 0.25) is 5.88 Å². The summed E-state index contributed by atoms with van der Waals surface area (Å²) in [5.41, 5.74) is 1.22. The summed E-state index contributed by atoms with van der Waals surface area (Å²) < 4.78 is 5.46. The molecule has 0 aromatic carbocycles. The van der Waals surface area contributed by atoms with Gasteiger partial charge >= 0.3 is 0 Å². The fraction of sp³-hybridized carbons (Fsp3) is 0.231. The van der Waals surface area contributed by atoms with Gasteiger partial charge < -0.3 is 10.1 Å². The predicted molar refractivity (Wildman–Crippen MR) is 80.2 cm³/mol. The van der Waals surface area contributed by atoms with Crippen LogP contribution in [0.1, 0.15) is 5.56 Å². The van der Waals surface area contributed by atoms with Crippen molar-refractivity contribution in [3.8, 4) is 5.88 Å². The van der Waals surface area contributed by atoms with Gasteiger partial charge in [-0.05, 0) is 23.8 Å². The zero-order valence-electron chi connectivity index (χ0n) is 10.4. The van der Waals surface area contributed by atoms with Gasteiger partial charge in [-0.2, -0.15) is 0 Å². The molecular formula is C13H17Cl2N3O. The second-order valence-corrected chi connectivity index (χ2v) is 3.55. The molecule has 0 aliphatic heterocycles. The Kier molecular flexibility index (Phi) is 9.80. The lowest BCUT2D eigenvalue weighted by Gasteiger charge is -2.06. The molecule has 0 fully saturated rings. The van der Waals surface area contributed by atoms with E-state index in [1.165, 1.54) is 5.56 Å². The third kappa shape index (κ3) is 6.96. The van der Waals surface area contributed by atoms with Gasteiger partial charge in [0.1, 0.15) is 6.61 Å². The third-order valence-electron chi connectivity index (χ3n) is 2.25. The van der Waals surface area contributed by atoms with Crippen LogP contribution in [0.25, 0.3) is 0 Å². The molecule has 0 atom stereocenters. The first-order chi connectivity index (χ1) is 8.45. The molecule has 0 radical (unpaired) electrons. The number of rotatable bonds is 6. The molecule has 1 N–H and O–H groups in total. The standard InChI is InChI=1S/C13H15N3O.2ClH/c1-2-6-16-13(3-1)17-10-9-15-11-12-4-7-14-8-5-12;;/h1-8,15H,9-11H2;2*1H. The Morgan fingerprint density at radius 3 is 2.47 bits per heavy atom. The number of nitrogens with one attached hydrogen (secondary N) is 1. The average molecular weight is 302 g/mol. The van der Waals surface area contributed by atoms with Crippen LogP contribution in [0.3, 0.4) is 0 Å². The van der Waals surface area contributed by atoms with Crippen molar-refractivity contribution >= 4 is 24.8 Å². The molecule has 2 rings (SSSR count). The van der Waals surface area contributed by atoms with Crippen molar-refractivity contribution in [1.29, 1.82) is 0 Å². The van der Waals surface area contributed by atoms with Gasteiger partial charge in [0.25, 0.3) is 0 Å². The summed E-state index contributed by atoms with van der Waals surface area (Å²) in [4.78, 5) is 8.05. The Bertz CT molecular complexity index is 387. The van der Waals surface area contributed by atoms with Crippen LogP contribution in [0.15, 0.2) is 48.9 Å². The Morgan fingerprint density at radius 2 is 1.79 bits per heavy atom. The van der Waals surface area contributed by atoms with E-state index in [0.717, 1.165) is 13.1 Å². The molecule has 2 heterocycles. The predicted octanol–water partition coefficient (Wildman–Crippen LogP) is 2.49. The summed E-state index contributed by atoms with van der Waals surface area (Å²) in [5, 5.41) is 3.29. The van der Waals surface area contributed by atoms with E-state index in [-0.39, 0.29) is 24.8 Å². The monoisotopic (exact) mass is 301 g/mol. The van der Waals surface area contributed by atoms with Crippen LogP contribution in [-0.2, 0) is 6.54 Å². The SMILES string of the molecule is Cl.Cl.c1ccc(OCCNCc2ccncc2)nc1. The van der Waals surface area contributed by atoms with Crippen LogP contribution >= 0.6 is 24.8 Å². The van der Waals surface area contributed by atoms with Crippen molar-refractivity contribution in [2.45, 2.75) is 6.54 Å². The molecule has 104 valence electrons. The molecule has 0 saturated heterocycles. The van der Waals surface area contributed by atoms with Crippen LogP contribution < -0.4 is 10.1 Å². The van der Waals surface area contributed by atoms with E-state index in [1.807, 2.05) is 30.3 Å². The van der Waals surface area contributed by atoms with E-state index in [9.17, 15) is 0 Å². The Morgan fingerprint density at radius 1 is 1.00 bits per heavy atom. The first-order valence-electron chi connectivity index (χ1n) is 5.58. The van der Waals surface area contributed by atoms with Crippen molar-refractivity contribution in [3.05, 3.63) is 54.5 Å². The minimum absolute atomic E-state index is 0. The Labute approximate surface area is 125 Å². The molecule has 0 aliphatic carbocycles. The zero-order valence-corrected chi connectivity index (χ0v) is 12.0. The fourth-order valence-electron chi connectivity index (χ4n) is 1.39. The Hall–Kier alpha value is -1.36. The summed E-state index contributed by atoms with van der Waals surface area (Å²) in [6, 6.07) is 9.61. The molecule has 0 aliphatic rings. The minimum atomic E-state index is 0. The number of ether oxygens (including phenoxy) is 1. The van der Waals surface area contributed by atoms with Crippen LogP contribution in [0.5, 0.6) is 5.88 Å². The van der Waals surface area contributed by atoms with Crippen LogP contribution in [0.4, 0.5) is 0 Å². The lowest BCUT2D eigenvalue weighted by Crippen LogP contribution is -2.20. The summed E-state index contributed by atoms with van der Waals surface area (Å²) >= 11 is 0. The molecule has 4 nitrogen and oxygen atoms in total. The van der Waals surface area contributed by atoms with Gasteiger partial charge in [-0.3, -0.25) is 4.98 Å². The maximum absolute atomic E-state index is 5.46. The number of pyridine rings is 2. The summed E-state index contributed by atoms with van der Waals surface area (Å²) in [6.07, 6.45) is 5.31. The highest BCUT2D eigenvalue weighted by Crippen LogP contribution is 2.02. The van der Waals surface area contributed by atoms with Crippen LogP contribution in [-0.4, -0.2) is 23.1 Å². The number of nitrogens with zero attached hydrogens (tertiary/aromatic N) is 2. The summed E-state index contributed by atoms with van der Waals surface area (Å²) in [7, 11) is 0. The first-order valence-corrected chi connectivity index (χ1v) is 5.58. The lowest BCUT2D eigenvalue weighted by molar-refractivity contribution is 0.302. The highest BCUT2D eigenvalue weighted by atomic mass is 35.5. The van der Waals surface area contributed by atoms with Gasteiger partial charge in [0.15, 0.2) is 0 Å². The highest BCUT2D eigenvalue weighted by molar-refractivity contribution is 5.85. The molecule has 2 aromatic heterocycles. The normalized spacial score (nSPS) is 9.05. The largest absolute Gasteiger partial charge is 0.476 e.